The summed E-state index contributed by atoms with van der Waals surface area (Å²) in [7, 11) is 0. The molecule has 0 saturated carbocycles. The number of halogens is 4. The minimum atomic E-state index is -4.52. The van der Waals surface area contributed by atoms with Gasteiger partial charge >= 0.3 is 12.3 Å². The molecular weight excluding hydrogens is 407 g/mol. The van der Waals surface area contributed by atoms with Crippen molar-refractivity contribution in [3.05, 3.63) is 22.8 Å². The number of piperidine rings is 1. The van der Waals surface area contributed by atoms with E-state index < -0.39 is 11.7 Å². The third-order valence-electron chi connectivity index (χ3n) is 3.86. The second-order valence-corrected chi connectivity index (χ2v) is 7.20. The van der Waals surface area contributed by atoms with E-state index in [2.05, 4.69) is 10.3 Å². The fourth-order valence-corrected chi connectivity index (χ4v) is 3.52. The molecule has 1 aliphatic rings. The van der Waals surface area contributed by atoms with Gasteiger partial charge in [0, 0.05) is 25.3 Å². The standard InChI is InChI=1S/C16H19ClF3N3O3S/c1-2-26-15(25)23-5-3-11(4-6-23)22-13(24)9-27-14-12(17)7-10(8-21-14)16(18,19)20/h7-8,11H,2-6,9H2,1H3,(H,22,24). The average molecular weight is 426 g/mol. The molecule has 1 N–H and O–H groups in total. The Kier molecular flexibility index (Phi) is 7.60. The molecule has 2 heterocycles. The number of carbonyl (C=O) groups excluding carboxylic acids is 2. The molecule has 0 aromatic carbocycles. The van der Waals surface area contributed by atoms with Crippen LogP contribution in [0.25, 0.3) is 0 Å². The van der Waals surface area contributed by atoms with Gasteiger partial charge in [0.1, 0.15) is 5.03 Å². The van der Waals surface area contributed by atoms with Crippen molar-refractivity contribution >= 4 is 35.4 Å². The van der Waals surface area contributed by atoms with Crippen LogP contribution in [0, 0.1) is 0 Å². The number of ether oxygens (including phenoxy) is 1. The van der Waals surface area contributed by atoms with Crippen molar-refractivity contribution in [2.45, 2.75) is 37.0 Å². The normalized spacial score (nSPS) is 15.5. The number of thioether (sulfide) groups is 1. The first-order valence-corrected chi connectivity index (χ1v) is 9.63. The first-order chi connectivity index (χ1) is 12.7. The number of alkyl halides is 3. The Bertz CT molecular complexity index is 683. The molecule has 1 saturated heterocycles. The summed E-state index contributed by atoms with van der Waals surface area (Å²) in [6.07, 6.45) is -2.98. The first-order valence-electron chi connectivity index (χ1n) is 8.27. The molecule has 0 aliphatic carbocycles. The van der Waals surface area contributed by atoms with Crippen LogP contribution in [0.1, 0.15) is 25.3 Å². The number of amides is 2. The van der Waals surface area contributed by atoms with E-state index in [0.717, 1.165) is 17.8 Å². The Hall–Kier alpha value is -1.68. The Balaban J connectivity index is 1.78. The highest BCUT2D eigenvalue weighted by Gasteiger charge is 2.31. The van der Waals surface area contributed by atoms with E-state index in [-0.39, 0.29) is 33.8 Å². The summed E-state index contributed by atoms with van der Waals surface area (Å²) < 4.78 is 42.7. The molecule has 27 heavy (non-hydrogen) atoms. The smallest absolute Gasteiger partial charge is 0.417 e. The minimum absolute atomic E-state index is 0.0177. The predicted octanol–water partition coefficient (Wildman–Crippen LogP) is 3.58. The van der Waals surface area contributed by atoms with Crippen molar-refractivity contribution in [3.8, 4) is 0 Å². The van der Waals surface area contributed by atoms with Crippen molar-refractivity contribution in [2.75, 3.05) is 25.4 Å². The predicted molar refractivity (Wildman–Crippen MR) is 94.7 cm³/mol. The van der Waals surface area contributed by atoms with Gasteiger partial charge in [0.15, 0.2) is 0 Å². The van der Waals surface area contributed by atoms with Gasteiger partial charge in [-0.2, -0.15) is 13.2 Å². The molecule has 1 aromatic heterocycles. The van der Waals surface area contributed by atoms with Crippen molar-refractivity contribution in [2.24, 2.45) is 0 Å². The largest absolute Gasteiger partial charge is 0.450 e. The summed E-state index contributed by atoms with van der Waals surface area (Å²) in [5, 5.41) is 2.86. The van der Waals surface area contributed by atoms with E-state index in [0.29, 0.717) is 38.7 Å². The van der Waals surface area contributed by atoms with E-state index in [1.54, 1.807) is 11.8 Å². The summed E-state index contributed by atoms with van der Waals surface area (Å²) >= 11 is 6.79. The molecule has 6 nitrogen and oxygen atoms in total. The van der Waals surface area contributed by atoms with E-state index >= 15 is 0 Å². The lowest BCUT2D eigenvalue weighted by atomic mass is 10.1. The molecular formula is C16H19ClF3N3O3S. The van der Waals surface area contributed by atoms with Crippen molar-refractivity contribution in [1.29, 1.82) is 0 Å². The molecule has 0 unspecified atom stereocenters. The number of rotatable bonds is 5. The zero-order valence-electron chi connectivity index (χ0n) is 14.5. The molecule has 0 atom stereocenters. The van der Waals surface area contributed by atoms with Crippen LogP contribution in [-0.4, -0.2) is 53.4 Å². The fraction of sp³-hybridized carbons (Fsp3) is 0.562. The van der Waals surface area contributed by atoms with Crippen LogP contribution in [-0.2, 0) is 15.7 Å². The van der Waals surface area contributed by atoms with Gasteiger partial charge in [0.05, 0.1) is 22.9 Å². The van der Waals surface area contributed by atoms with Gasteiger partial charge < -0.3 is 15.0 Å². The molecule has 11 heteroatoms. The number of hydrogen-bond acceptors (Lipinski definition) is 5. The maximum atomic E-state index is 12.6. The molecule has 150 valence electrons. The van der Waals surface area contributed by atoms with E-state index in [1.807, 2.05) is 0 Å². The average Bonchev–Trinajstić information content (AvgIpc) is 2.60. The van der Waals surface area contributed by atoms with Crippen molar-refractivity contribution in [1.82, 2.24) is 15.2 Å². The van der Waals surface area contributed by atoms with Crippen LogP contribution in [0.4, 0.5) is 18.0 Å². The Morgan fingerprint density at radius 3 is 2.63 bits per heavy atom. The Morgan fingerprint density at radius 1 is 1.41 bits per heavy atom. The van der Waals surface area contributed by atoms with Crippen LogP contribution in [0.3, 0.4) is 0 Å². The highest BCUT2D eigenvalue weighted by Crippen LogP contribution is 2.33. The molecule has 0 radical (unpaired) electrons. The molecule has 0 bridgehead atoms. The number of nitrogens with one attached hydrogen (secondary N) is 1. The van der Waals surface area contributed by atoms with Crippen molar-refractivity contribution < 1.29 is 27.5 Å². The van der Waals surface area contributed by atoms with Crippen molar-refractivity contribution in [3.63, 3.8) is 0 Å². The zero-order valence-corrected chi connectivity index (χ0v) is 16.1. The molecule has 1 fully saturated rings. The number of carbonyl (C=O) groups is 2. The number of aromatic nitrogens is 1. The summed E-state index contributed by atoms with van der Waals surface area (Å²) in [6.45, 7) is 3.03. The SMILES string of the molecule is CCOC(=O)N1CCC(NC(=O)CSc2ncc(C(F)(F)F)cc2Cl)CC1. The van der Waals surface area contributed by atoms with E-state index in [9.17, 15) is 22.8 Å². The lowest BCUT2D eigenvalue weighted by molar-refractivity contribution is -0.137. The number of nitrogens with zero attached hydrogens (tertiary/aromatic N) is 2. The molecule has 1 aromatic rings. The molecule has 0 spiro atoms. The van der Waals surface area contributed by atoms with Crippen LogP contribution in [0.15, 0.2) is 17.3 Å². The topological polar surface area (TPSA) is 71.5 Å². The highest BCUT2D eigenvalue weighted by atomic mass is 35.5. The van der Waals surface area contributed by atoms with Gasteiger partial charge in [-0.3, -0.25) is 4.79 Å². The minimum Gasteiger partial charge on any atom is -0.450 e. The third kappa shape index (κ3) is 6.46. The fourth-order valence-electron chi connectivity index (χ4n) is 2.51. The molecule has 1 aliphatic heterocycles. The summed E-state index contributed by atoms with van der Waals surface area (Å²) in [4.78, 5) is 29.0. The first kappa shape index (κ1) is 21.6. The molecule has 2 amide bonds. The Labute approximate surface area is 163 Å². The van der Waals surface area contributed by atoms with E-state index in [4.69, 9.17) is 16.3 Å². The number of hydrogen-bond donors (Lipinski definition) is 1. The lowest BCUT2D eigenvalue weighted by Gasteiger charge is -2.31. The molecule has 2 rings (SSSR count). The summed E-state index contributed by atoms with van der Waals surface area (Å²) in [5.41, 5.74) is -0.935. The summed E-state index contributed by atoms with van der Waals surface area (Å²) in [6, 6.07) is 0.722. The van der Waals surface area contributed by atoms with E-state index in [1.165, 1.54) is 0 Å². The second-order valence-electron chi connectivity index (χ2n) is 5.83. The Morgan fingerprint density at radius 2 is 2.07 bits per heavy atom. The zero-order chi connectivity index (χ0) is 20.0. The third-order valence-corrected chi connectivity index (χ3v) is 5.27. The maximum absolute atomic E-state index is 12.6. The number of likely N-dealkylation sites (tertiary alicyclic amines) is 1. The van der Waals surface area contributed by atoms with Gasteiger partial charge in [0.2, 0.25) is 5.91 Å². The quantitative estimate of drug-likeness (QED) is 0.730. The van der Waals surface area contributed by atoms with Gasteiger partial charge in [-0.05, 0) is 25.8 Å². The van der Waals surface area contributed by atoms with Gasteiger partial charge in [-0.25, -0.2) is 9.78 Å². The number of pyridine rings is 1. The lowest BCUT2D eigenvalue weighted by Crippen LogP contribution is -2.47. The van der Waals surface area contributed by atoms with Gasteiger partial charge in [0.25, 0.3) is 0 Å². The monoisotopic (exact) mass is 425 g/mol. The maximum Gasteiger partial charge on any atom is 0.417 e. The highest BCUT2D eigenvalue weighted by molar-refractivity contribution is 8.00. The van der Waals surface area contributed by atoms with Crippen LogP contribution >= 0.6 is 23.4 Å². The van der Waals surface area contributed by atoms with Crippen LogP contribution in [0.2, 0.25) is 5.02 Å². The van der Waals surface area contributed by atoms with Gasteiger partial charge in [-0.1, -0.05) is 23.4 Å². The van der Waals surface area contributed by atoms with Crippen LogP contribution < -0.4 is 5.32 Å². The second kappa shape index (κ2) is 9.50. The van der Waals surface area contributed by atoms with Crippen LogP contribution in [0.5, 0.6) is 0 Å². The summed E-state index contributed by atoms with van der Waals surface area (Å²) in [5.74, 6) is -0.289. The van der Waals surface area contributed by atoms with Gasteiger partial charge in [-0.15, -0.1) is 0 Å².